The molecule has 1 amide bonds. The minimum atomic E-state index is -5.11. The van der Waals surface area contributed by atoms with Crippen LogP contribution in [0.1, 0.15) is 162 Å². The number of amides is 1. The maximum absolute atomic E-state index is 12.8. The summed E-state index contributed by atoms with van der Waals surface area (Å²) in [6, 6.07) is -1.16. The fourth-order valence-electron chi connectivity index (χ4n) is 6.48. The molecule has 0 bridgehead atoms. The second-order valence-corrected chi connectivity index (χ2v) is 16.1. The Morgan fingerprint density at radius 2 is 1.12 bits per heavy atom. The van der Waals surface area contributed by atoms with Gasteiger partial charge in [-0.2, -0.15) is 0 Å². The molecule has 0 aromatic rings. The number of phosphoric ester groups is 1. The van der Waals surface area contributed by atoms with Crippen molar-refractivity contribution in [2.24, 2.45) is 0 Å². The first kappa shape index (κ1) is 49.1. The van der Waals surface area contributed by atoms with Gasteiger partial charge in [0.15, 0.2) is 0 Å². The molecule has 1 rings (SSSR count). The number of allylic oxidation sites excluding steroid dienone is 1. The van der Waals surface area contributed by atoms with Crippen LogP contribution >= 0.6 is 7.82 Å². The van der Waals surface area contributed by atoms with Gasteiger partial charge in [0.25, 0.3) is 0 Å². The summed E-state index contributed by atoms with van der Waals surface area (Å²) in [5, 5.41) is 74.0. The maximum Gasteiger partial charge on any atom is 0.472 e. The van der Waals surface area contributed by atoms with Gasteiger partial charge in [0.05, 0.1) is 31.3 Å². The first-order valence-electron chi connectivity index (χ1n) is 20.2. The summed E-state index contributed by atoms with van der Waals surface area (Å²) in [6.07, 6.45) is 13.1. The van der Waals surface area contributed by atoms with Crippen LogP contribution in [0, 0.1) is 0 Å². The van der Waals surface area contributed by atoms with Gasteiger partial charge < -0.3 is 46.0 Å². The first-order valence-corrected chi connectivity index (χ1v) is 21.7. The second-order valence-electron chi connectivity index (χ2n) is 14.7. The van der Waals surface area contributed by atoms with Gasteiger partial charge in [-0.1, -0.05) is 142 Å². The van der Waals surface area contributed by atoms with Crippen molar-refractivity contribution in [3.8, 4) is 0 Å². The van der Waals surface area contributed by atoms with E-state index < -0.39 is 75.2 Å². The molecule has 9 N–H and O–H groups in total. The molecule has 0 aliphatic heterocycles. The standard InChI is InChI=1S/C38H74NO12P/c1-3-5-7-9-11-12-13-14-15-16-17-18-20-22-24-26-31(41)30(39-32(42)27-29(40)25-23-21-19-10-8-6-4-2)28-50-52(48,49)51-38-36(46)34(44)33(43)35(45)37(38)47/h21,23,29-31,33-38,40-41,43-47H,3-20,22,24-28H2,1-2H3,(H,39,42)(H,48,49)/b23-21-. The molecular weight excluding hydrogens is 693 g/mol. The van der Waals surface area contributed by atoms with E-state index in [1.54, 1.807) is 0 Å². The second kappa shape index (κ2) is 29.3. The Bertz CT molecular complexity index is 958. The Morgan fingerprint density at radius 3 is 1.62 bits per heavy atom. The number of nitrogens with one attached hydrogen (secondary N) is 1. The summed E-state index contributed by atoms with van der Waals surface area (Å²) in [5.41, 5.74) is 0. The zero-order valence-electron chi connectivity index (χ0n) is 32.0. The van der Waals surface area contributed by atoms with E-state index in [0.717, 1.165) is 51.4 Å². The van der Waals surface area contributed by atoms with Crippen molar-refractivity contribution in [3.63, 3.8) is 0 Å². The van der Waals surface area contributed by atoms with Crippen LogP contribution in [0.15, 0.2) is 12.2 Å². The highest BCUT2D eigenvalue weighted by atomic mass is 31.2. The molecular formula is C38H74NO12P. The van der Waals surface area contributed by atoms with E-state index in [4.69, 9.17) is 9.05 Å². The van der Waals surface area contributed by atoms with Crippen molar-refractivity contribution in [2.75, 3.05) is 6.61 Å². The highest BCUT2D eigenvalue weighted by Gasteiger charge is 2.51. The van der Waals surface area contributed by atoms with E-state index in [0.29, 0.717) is 6.42 Å². The zero-order valence-corrected chi connectivity index (χ0v) is 32.9. The van der Waals surface area contributed by atoms with Crippen molar-refractivity contribution in [1.29, 1.82) is 0 Å². The molecule has 0 heterocycles. The zero-order chi connectivity index (χ0) is 38.8. The van der Waals surface area contributed by atoms with Crippen LogP contribution in [0.5, 0.6) is 0 Å². The molecule has 8 atom stereocenters. The molecule has 8 unspecified atom stereocenters. The van der Waals surface area contributed by atoms with Gasteiger partial charge in [-0.15, -0.1) is 0 Å². The predicted molar refractivity (Wildman–Crippen MR) is 201 cm³/mol. The molecule has 13 nitrogen and oxygen atoms in total. The summed E-state index contributed by atoms with van der Waals surface area (Å²) in [5.74, 6) is -0.597. The summed E-state index contributed by atoms with van der Waals surface area (Å²) < 4.78 is 22.8. The first-order chi connectivity index (χ1) is 24.8. The molecule has 0 aromatic carbocycles. The minimum Gasteiger partial charge on any atom is -0.392 e. The molecule has 308 valence electrons. The van der Waals surface area contributed by atoms with Gasteiger partial charge in [-0.05, 0) is 25.7 Å². The number of phosphoric acid groups is 1. The van der Waals surface area contributed by atoms with Crippen LogP contribution in [0.25, 0.3) is 0 Å². The molecule has 0 spiro atoms. The molecule has 1 fully saturated rings. The lowest BCUT2D eigenvalue weighted by atomic mass is 9.85. The van der Waals surface area contributed by atoms with Gasteiger partial charge in [0, 0.05) is 0 Å². The highest BCUT2D eigenvalue weighted by molar-refractivity contribution is 7.47. The van der Waals surface area contributed by atoms with Crippen molar-refractivity contribution < 1.29 is 59.0 Å². The van der Waals surface area contributed by atoms with Crippen LogP contribution in [0.3, 0.4) is 0 Å². The number of rotatable bonds is 32. The lowest BCUT2D eigenvalue weighted by Crippen LogP contribution is -2.64. The predicted octanol–water partition coefficient (Wildman–Crippen LogP) is 5.08. The third kappa shape index (κ3) is 21.8. The summed E-state index contributed by atoms with van der Waals surface area (Å²) >= 11 is 0. The van der Waals surface area contributed by atoms with Crippen LogP contribution in [-0.4, -0.2) is 108 Å². The van der Waals surface area contributed by atoms with E-state index in [-0.39, 0.29) is 19.3 Å². The van der Waals surface area contributed by atoms with Crippen molar-refractivity contribution in [3.05, 3.63) is 12.2 Å². The van der Waals surface area contributed by atoms with E-state index >= 15 is 0 Å². The molecule has 1 saturated carbocycles. The van der Waals surface area contributed by atoms with Gasteiger partial charge >= 0.3 is 7.82 Å². The van der Waals surface area contributed by atoms with Crippen LogP contribution in [0.2, 0.25) is 0 Å². The van der Waals surface area contributed by atoms with E-state index in [1.165, 1.54) is 70.6 Å². The van der Waals surface area contributed by atoms with E-state index in [2.05, 4.69) is 19.2 Å². The van der Waals surface area contributed by atoms with Gasteiger partial charge in [0.2, 0.25) is 5.91 Å². The average Bonchev–Trinajstić information content (AvgIpc) is 3.11. The Kier molecular flexibility index (Phi) is 27.7. The van der Waals surface area contributed by atoms with Gasteiger partial charge in [-0.25, -0.2) is 4.57 Å². The minimum absolute atomic E-state index is 0.266. The normalized spacial score (nSPS) is 25.2. The molecule has 1 aliphatic carbocycles. The molecule has 0 saturated heterocycles. The summed E-state index contributed by atoms with van der Waals surface area (Å²) in [4.78, 5) is 23.2. The van der Waals surface area contributed by atoms with E-state index in [1.807, 2.05) is 12.2 Å². The number of carbonyl (C=O) groups excluding carboxylic acids is 1. The number of carbonyl (C=O) groups is 1. The topological polar surface area (TPSA) is 226 Å². The fraction of sp³-hybridized carbons (Fsp3) is 0.921. The highest BCUT2D eigenvalue weighted by Crippen LogP contribution is 2.47. The van der Waals surface area contributed by atoms with Crippen molar-refractivity contribution in [2.45, 2.75) is 216 Å². The molecule has 1 aliphatic rings. The Labute approximate surface area is 312 Å². The third-order valence-corrected chi connectivity index (χ3v) is 10.9. The Morgan fingerprint density at radius 1 is 0.673 bits per heavy atom. The number of aliphatic hydroxyl groups excluding tert-OH is 7. The Balaban J connectivity index is 2.60. The summed E-state index contributed by atoms with van der Waals surface area (Å²) in [7, 11) is -5.11. The summed E-state index contributed by atoms with van der Waals surface area (Å²) in [6.45, 7) is 3.68. The molecule has 0 radical (unpaired) electrons. The van der Waals surface area contributed by atoms with Crippen LogP contribution in [-0.2, 0) is 18.4 Å². The Hall–Kier alpha value is -0.960. The molecule has 52 heavy (non-hydrogen) atoms. The van der Waals surface area contributed by atoms with Gasteiger partial charge in [-0.3, -0.25) is 13.8 Å². The maximum atomic E-state index is 12.8. The lowest BCUT2D eigenvalue weighted by molar-refractivity contribution is -0.220. The number of hydrogen-bond acceptors (Lipinski definition) is 11. The van der Waals surface area contributed by atoms with E-state index in [9.17, 15) is 50.0 Å². The van der Waals surface area contributed by atoms with Crippen molar-refractivity contribution in [1.82, 2.24) is 5.32 Å². The van der Waals surface area contributed by atoms with Crippen molar-refractivity contribution >= 4 is 13.7 Å². The SMILES string of the molecule is CCCCCC/C=C\CC(O)CC(=O)NC(COP(=O)(O)OC1C(O)C(O)C(O)C(O)C1O)C(O)CCCCCCCCCCCCCCCCC. The molecule has 14 heteroatoms. The smallest absolute Gasteiger partial charge is 0.392 e. The molecule has 0 aromatic heterocycles. The number of aliphatic hydroxyl groups is 7. The fourth-order valence-corrected chi connectivity index (χ4v) is 7.45. The van der Waals surface area contributed by atoms with Crippen LogP contribution < -0.4 is 5.32 Å². The monoisotopic (exact) mass is 767 g/mol. The lowest BCUT2D eigenvalue weighted by Gasteiger charge is -2.41. The quantitative estimate of drug-likeness (QED) is 0.0248. The average molecular weight is 768 g/mol. The number of hydrogen-bond donors (Lipinski definition) is 9. The largest absolute Gasteiger partial charge is 0.472 e. The van der Waals surface area contributed by atoms with Gasteiger partial charge in [0.1, 0.15) is 36.6 Å². The number of unbranched alkanes of at least 4 members (excludes halogenated alkanes) is 18. The third-order valence-electron chi connectivity index (χ3n) is 9.88. The van der Waals surface area contributed by atoms with Crippen LogP contribution in [0.4, 0.5) is 0 Å².